The molecule has 23 heavy (non-hydrogen) atoms. The van der Waals surface area contributed by atoms with Gasteiger partial charge in [0.05, 0.1) is 0 Å². The zero-order valence-corrected chi connectivity index (χ0v) is 13.7. The normalized spacial score (nSPS) is 22.3. The van der Waals surface area contributed by atoms with Crippen LogP contribution in [-0.2, 0) is 16.1 Å². The van der Waals surface area contributed by atoms with Gasteiger partial charge in [0.2, 0.25) is 11.8 Å². The third kappa shape index (κ3) is 4.34. The molecule has 3 rings (SSSR count). The van der Waals surface area contributed by atoms with E-state index >= 15 is 0 Å². The molecule has 1 aromatic rings. The van der Waals surface area contributed by atoms with Crippen molar-refractivity contribution in [2.45, 2.75) is 45.1 Å². The molecule has 1 saturated carbocycles. The molecular formula is C19H26N2O2. The van der Waals surface area contributed by atoms with Gasteiger partial charge in [0.1, 0.15) is 0 Å². The maximum Gasteiger partial charge on any atom is 0.223 e. The summed E-state index contributed by atoms with van der Waals surface area (Å²) in [6, 6.07) is 10.1. The van der Waals surface area contributed by atoms with Gasteiger partial charge in [0.15, 0.2) is 0 Å². The minimum Gasteiger partial charge on any atom is -0.356 e. The fraction of sp³-hybridized carbons (Fsp3) is 0.579. The molecule has 4 nitrogen and oxygen atoms in total. The van der Waals surface area contributed by atoms with E-state index in [2.05, 4.69) is 17.4 Å². The number of amides is 2. The second-order valence-corrected chi connectivity index (χ2v) is 6.87. The molecule has 1 N–H and O–H groups in total. The minimum absolute atomic E-state index is 0.216. The number of nitrogens with zero attached hydrogens (tertiary/aromatic N) is 1. The highest BCUT2D eigenvalue weighted by atomic mass is 16.2. The SMILES string of the molecule is O=C(NCC1CCC(=O)N(Cc2ccccc2)CC1)C1CCC1. The summed E-state index contributed by atoms with van der Waals surface area (Å²) in [5.41, 5.74) is 1.18. The van der Waals surface area contributed by atoms with E-state index in [0.717, 1.165) is 38.8 Å². The number of carbonyl (C=O) groups is 2. The van der Waals surface area contributed by atoms with E-state index in [4.69, 9.17) is 0 Å². The van der Waals surface area contributed by atoms with Crippen LogP contribution in [0.4, 0.5) is 0 Å². The van der Waals surface area contributed by atoms with E-state index in [1.165, 1.54) is 12.0 Å². The number of nitrogens with one attached hydrogen (secondary N) is 1. The maximum atomic E-state index is 12.3. The summed E-state index contributed by atoms with van der Waals surface area (Å²) in [6.45, 7) is 2.21. The Hall–Kier alpha value is -1.84. The molecule has 2 aliphatic rings. The molecule has 1 heterocycles. The molecule has 1 aromatic carbocycles. The third-order valence-electron chi connectivity index (χ3n) is 5.18. The van der Waals surface area contributed by atoms with Crippen molar-refractivity contribution in [2.75, 3.05) is 13.1 Å². The number of carbonyl (C=O) groups excluding carboxylic acids is 2. The molecule has 0 spiro atoms. The number of benzene rings is 1. The Morgan fingerprint density at radius 3 is 2.61 bits per heavy atom. The number of likely N-dealkylation sites (tertiary alicyclic amines) is 1. The summed E-state index contributed by atoms with van der Waals surface area (Å²) in [5, 5.41) is 3.09. The smallest absolute Gasteiger partial charge is 0.223 e. The first-order valence-corrected chi connectivity index (χ1v) is 8.82. The average Bonchev–Trinajstić information content (AvgIpc) is 2.68. The molecule has 0 radical (unpaired) electrons. The zero-order valence-electron chi connectivity index (χ0n) is 13.7. The van der Waals surface area contributed by atoms with Crippen LogP contribution in [0.5, 0.6) is 0 Å². The first-order chi connectivity index (χ1) is 11.2. The van der Waals surface area contributed by atoms with Crippen LogP contribution in [0, 0.1) is 11.8 Å². The Labute approximate surface area is 138 Å². The lowest BCUT2D eigenvalue weighted by molar-refractivity contribution is -0.131. The highest BCUT2D eigenvalue weighted by Crippen LogP contribution is 2.26. The summed E-state index contributed by atoms with van der Waals surface area (Å²) in [5.74, 6) is 1.12. The van der Waals surface area contributed by atoms with Gasteiger partial charge in [-0.3, -0.25) is 9.59 Å². The van der Waals surface area contributed by atoms with Gasteiger partial charge in [-0.15, -0.1) is 0 Å². The van der Waals surface area contributed by atoms with Crippen molar-refractivity contribution in [2.24, 2.45) is 11.8 Å². The first-order valence-electron chi connectivity index (χ1n) is 8.82. The van der Waals surface area contributed by atoms with Crippen molar-refractivity contribution < 1.29 is 9.59 Å². The first kappa shape index (κ1) is 16.0. The van der Waals surface area contributed by atoms with E-state index in [9.17, 15) is 9.59 Å². The lowest BCUT2D eigenvalue weighted by atomic mass is 9.84. The lowest BCUT2D eigenvalue weighted by Gasteiger charge is -2.25. The van der Waals surface area contributed by atoms with Crippen LogP contribution in [0.1, 0.15) is 44.1 Å². The fourth-order valence-electron chi connectivity index (χ4n) is 3.33. The molecule has 4 heteroatoms. The van der Waals surface area contributed by atoms with E-state index in [0.29, 0.717) is 18.9 Å². The minimum atomic E-state index is 0.216. The van der Waals surface area contributed by atoms with Gasteiger partial charge in [-0.1, -0.05) is 36.8 Å². The van der Waals surface area contributed by atoms with Gasteiger partial charge in [-0.2, -0.15) is 0 Å². The predicted molar refractivity (Wildman–Crippen MR) is 89.6 cm³/mol. The molecule has 1 saturated heterocycles. The van der Waals surface area contributed by atoms with Crippen LogP contribution in [0.3, 0.4) is 0 Å². The number of rotatable bonds is 5. The molecule has 0 aromatic heterocycles. The second kappa shape index (κ2) is 7.62. The van der Waals surface area contributed by atoms with Crippen LogP contribution < -0.4 is 5.32 Å². The average molecular weight is 314 g/mol. The van der Waals surface area contributed by atoms with Crippen molar-refractivity contribution in [1.82, 2.24) is 10.2 Å². The van der Waals surface area contributed by atoms with Crippen LogP contribution in [0.25, 0.3) is 0 Å². The van der Waals surface area contributed by atoms with E-state index in [1.54, 1.807) is 0 Å². The van der Waals surface area contributed by atoms with Crippen LogP contribution >= 0.6 is 0 Å². The Kier molecular flexibility index (Phi) is 5.31. The summed E-state index contributed by atoms with van der Waals surface area (Å²) < 4.78 is 0. The zero-order chi connectivity index (χ0) is 16.1. The molecule has 124 valence electrons. The molecule has 1 unspecified atom stereocenters. The predicted octanol–water partition coefficient (Wildman–Crippen LogP) is 2.73. The molecule has 2 fully saturated rings. The highest BCUT2D eigenvalue weighted by Gasteiger charge is 2.27. The van der Waals surface area contributed by atoms with E-state index in [1.807, 2.05) is 23.1 Å². The van der Waals surface area contributed by atoms with Crippen molar-refractivity contribution in [1.29, 1.82) is 0 Å². The summed E-state index contributed by atoms with van der Waals surface area (Å²) in [7, 11) is 0. The second-order valence-electron chi connectivity index (χ2n) is 6.87. The topological polar surface area (TPSA) is 49.4 Å². The quantitative estimate of drug-likeness (QED) is 0.908. The molecule has 2 amide bonds. The Balaban J connectivity index is 1.47. The third-order valence-corrected chi connectivity index (χ3v) is 5.18. The molecular weight excluding hydrogens is 288 g/mol. The van der Waals surface area contributed by atoms with Gasteiger partial charge in [0.25, 0.3) is 0 Å². The van der Waals surface area contributed by atoms with Crippen LogP contribution in [0.15, 0.2) is 30.3 Å². The molecule has 0 bridgehead atoms. The van der Waals surface area contributed by atoms with Crippen molar-refractivity contribution in [3.05, 3.63) is 35.9 Å². The molecule has 1 aliphatic heterocycles. The Bertz CT molecular complexity index is 540. The van der Waals surface area contributed by atoms with Crippen LogP contribution in [0.2, 0.25) is 0 Å². The van der Waals surface area contributed by atoms with Crippen molar-refractivity contribution >= 4 is 11.8 Å². The van der Waals surface area contributed by atoms with Gasteiger partial charge < -0.3 is 10.2 Å². The summed E-state index contributed by atoms with van der Waals surface area (Å²) in [4.78, 5) is 26.2. The van der Waals surface area contributed by atoms with Gasteiger partial charge in [-0.25, -0.2) is 0 Å². The van der Waals surface area contributed by atoms with Gasteiger partial charge in [0, 0.05) is 32.0 Å². The molecule has 1 atom stereocenters. The van der Waals surface area contributed by atoms with Crippen molar-refractivity contribution in [3.8, 4) is 0 Å². The number of hydrogen-bond donors (Lipinski definition) is 1. The molecule has 1 aliphatic carbocycles. The highest BCUT2D eigenvalue weighted by molar-refractivity contribution is 5.79. The van der Waals surface area contributed by atoms with Gasteiger partial charge in [-0.05, 0) is 37.2 Å². The largest absolute Gasteiger partial charge is 0.356 e. The summed E-state index contributed by atoms with van der Waals surface area (Å²) in [6.07, 6.45) is 5.72. The standard InChI is InChI=1S/C19H26N2O2/c22-18-10-9-15(13-20-19(23)17-7-4-8-17)11-12-21(18)14-16-5-2-1-3-6-16/h1-3,5-6,15,17H,4,7-14H2,(H,20,23). The van der Waals surface area contributed by atoms with E-state index in [-0.39, 0.29) is 17.7 Å². The van der Waals surface area contributed by atoms with Gasteiger partial charge >= 0.3 is 0 Å². The fourth-order valence-corrected chi connectivity index (χ4v) is 3.33. The van der Waals surface area contributed by atoms with Crippen molar-refractivity contribution in [3.63, 3.8) is 0 Å². The van der Waals surface area contributed by atoms with Crippen LogP contribution in [-0.4, -0.2) is 29.8 Å². The summed E-state index contributed by atoms with van der Waals surface area (Å²) >= 11 is 0. The Morgan fingerprint density at radius 1 is 1.13 bits per heavy atom. The van der Waals surface area contributed by atoms with E-state index < -0.39 is 0 Å². The lowest BCUT2D eigenvalue weighted by Crippen LogP contribution is -2.37. The monoisotopic (exact) mass is 314 g/mol. The Morgan fingerprint density at radius 2 is 1.91 bits per heavy atom. The maximum absolute atomic E-state index is 12.3. The number of hydrogen-bond acceptors (Lipinski definition) is 2.